The number of esters is 1. The highest BCUT2D eigenvalue weighted by molar-refractivity contribution is 5.83. The molecule has 0 unspecified atom stereocenters. The van der Waals surface area contributed by atoms with Crippen molar-refractivity contribution in [3.8, 4) is 0 Å². The summed E-state index contributed by atoms with van der Waals surface area (Å²) in [5.41, 5.74) is 0. The van der Waals surface area contributed by atoms with Gasteiger partial charge in [-0.2, -0.15) is 0 Å². The SMILES string of the molecule is COC(=O)[C@H](CCCCN/C=C/C=O)NC(C)=O. The fourth-order valence-corrected chi connectivity index (χ4v) is 1.40. The van der Waals surface area contributed by atoms with Crippen molar-refractivity contribution >= 4 is 18.2 Å². The zero-order chi connectivity index (χ0) is 13.8. The maximum absolute atomic E-state index is 11.3. The van der Waals surface area contributed by atoms with Crippen molar-refractivity contribution in [1.82, 2.24) is 10.6 Å². The predicted molar refractivity (Wildman–Crippen MR) is 66.7 cm³/mol. The smallest absolute Gasteiger partial charge is 0.328 e. The fraction of sp³-hybridized carbons (Fsp3) is 0.583. The second-order valence-electron chi connectivity index (χ2n) is 3.72. The van der Waals surface area contributed by atoms with Crippen LogP contribution in [0.4, 0.5) is 0 Å². The first-order valence-corrected chi connectivity index (χ1v) is 5.80. The van der Waals surface area contributed by atoms with Gasteiger partial charge in [0.05, 0.1) is 7.11 Å². The van der Waals surface area contributed by atoms with Gasteiger partial charge in [-0.1, -0.05) is 0 Å². The molecule has 0 heterocycles. The van der Waals surface area contributed by atoms with Crippen LogP contribution >= 0.6 is 0 Å². The number of methoxy groups -OCH3 is 1. The molecule has 0 aliphatic carbocycles. The first-order chi connectivity index (χ1) is 8.61. The molecule has 1 atom stereocenters. The lowest BCUT2D eigenvalue weighted by Gasteiger charge is -2.15. The topological polar surface area (TPSA) is 84.5 Å². The highest BCUT2D eigenvalue weighted by Crippen LogP contribution is 2.02. The molecule has 18 heavy (non-hydrogen) atoms. The van der Waals surface area contributed by atoms with Crippen LogP contribution in [-0.2, 0) is 19.1 Å². The number of carbonyl (C=O) groups is 3. The average Bonchev–Trinajstić information content (AvgIpc) is 2.34. The van der Waals surface area contributed by atoms with Crippen molar-refractivity contribution in [3.63, 3.8) is 0 Å². The van der Waals surface area contributed by atoms with Gasteiger partial charge in [-0.15, -0.1) is 0 Å². The fourth-order valence-electron chi connectivity index (χ4n) is 1.40. The van der Waals surface area contributed by atoms with Crippen molar-refractivity contribution in [2.24, 2.45) is 0 Å². The van der Waals surface area contributed by atoms with Crippen molar-refractivity contribution in [1.29, 1.82) is 0 Å². The third kappa shape index (κ3) is 8.32. The van der Waals surface area contributed by atoms with E-state index in [2.05, 4.69) is 15.4 Å². The van der Waals surface area contributed by atoms with Crippen LogP contribution in [0.25, 0.3) is 0 Å². The Morgan fingerprint density at radius 3 is 2.61 bits per heavy atom. The van der Waals surface area contributed by atoms with Crippen LogP contribution in [0.3, 0.4) is 0 Å². The van der Waals surface area contributed by atoms with E-state index in [0.717, 1.165) is 12.8 Å². The zero-order valence-corrected chi connectivity index (χ0v) is 10.8. The number of hydrogen-bond donors (Lipinski definition) is 2. The number of hydrogen-bond acceptors (Lipinski definition) is 5. The molecule has 0 radical (unpaired) electrons. The summed E-state index contributed by atoms with van der Waals surface area (Å²) in [4.78, 5) is 32.2. The van der Waals surface area contributed by atoms with Gasteiger partial charge in [-0.25, -0.2) is 4.79 Å². The molecule has 0 aliphatic rings. The molecular formula is C12H20N2O4. The van der Waals surface area contributed by atoms with E-state index in [1.54, 1.807) is 6.20 Å². The molecule has 6 nitrogen and oxygen atoms in total. The first kappa shape index (κ1) is 16.1. The summed E-state index contributed by atoms with van der Waals surface area (Å²) in [6, 6.07) is -0.585. The summed E-state index contributed by atoms with van der Waals surface area (Å²) in [6.07, 6.45) is 5.76. The number of allylic oxidation sites excluding steroid dienone is 1. The minimum atomic E-state index is -0.585. The lowest BCUT2D eigenvalue weighted by Crippen LogP contribution is -2.40. The number of unbranched alkanes of at least 4 members (excludes halogenated alkanes) is 1. The van der Waals surface area contributed by atoms with Gasteiger partial charge >= 0.3 is 5.97 Å². The predicted octanol–water partition coefficient (Wildman–Crippen LogP) is 0.137. The Morgan fingerprint density at radius 1 is 1.33 bits per heavy atom. The van der Waals surface area contributed by atoms with Crippen molar-refractivity contribution in [3.05, 3.63) is 12.3 Å². The van der Waals surface area contributed by atoms with Gasteiger partial charge in [-0.05, 0) is 31.5 Å². The monoisotopic (exact) mass is 256 g/mol. The molecule has 0 saturated carbocycles. The largest absolute Gasteiger partial charge is 0.467 e. The minimum absolute atomic E-state index is 0.252. The number of amides is 1. The van der Waals surface area contributed by atoms with Crippen LogP contribution in [0, 0.1) is 0 Å². The van der Waals surface area contributed by atoms with Gasteiger partial charge in [0.25, 0.3) is 0 Å². The first-order valence-electron chi connectivity index (χ1n) is 5.80. The van der Waals surface area contributed by atoms with E-state index in [0.29, 0.717) is 19.3 Å². The van der Waals surface area contributed by atoms with E-state index in [1.165, 1.54) is 20.1 Å². The maximum Gasteiger partial charge on any atom is 0.328 e. The van der Waals surface area contributed by atoms with Crippen molar-refractivity contribution in [2.75, 3.05) is 13.7 Å². The number of rotatable bonds is 9. The van der Waals surface area contributed by atoms with Gasteiger partial charge in [0, 0.05) is 13.5 Å². The molecular weight excluding hydrogens is 236 g/mol. The molecule has 1 amide bonds. The van der Waals surface area contributed by atoms with E-state index in [9.17, 15) is 14.4 Å². The molecule has 0 aromatic heterocycles. The highest BCUT2D eigenvalue weighted by atomic mass is 16.5. The standard InChI is InChI=1S/C12H20N2O4/c1-10(16)14-11(12(17)18-2)6-3-4-7-13-8-5-9-15/h5,8-9,11,13H,3-4,6-7H2,1-2H3,(H,14,16)/b8-5+/t11-/m0/s1. The zero-order valence-electron chi connectivity index (χ0n) is 10.8. The molecule has 0 bridgehead atoms. The third-order valence-corrected chi connectivity index (χ3v) is 2.22. The quantitative estimate of drug-likeness (QED) is 0.265. The van der Waals surface area contributed by atoms with Gasteiger partial charge < -0.3 is 15.4 Å². The van der Waals surface area contributed by atoms with Crippen molar-refractivity contribution < 1.29 is 19.1 Å². The molecule has 0 aliphatic heterocycles. The summed E-state index contributed by atoms with van der Waals surface area (Å²) < 4.78 is 4.60. The molecule has 0 aromatic carbocycles. The molecule has 0 aromatic rings. The minimum Gasteiger partial charge on any atom is -0.467 e. The van der Waals surface area contributed by atoms with Crippen LogP contribution in [0.15, 0.2) is 12.3 Å². The molecule has 2 N–H and O–H groups in total. The molecule has 102 valence electrons. The average molecular weight is 256 g/mol. The van der Waals surface area contributed by atoms with Gasteiger partial charge in [0.15, 0.2) is 0 Å². The molecule has 0 rings (SSSR count). The molecule has 0 spiro atoms. The molecule has 6 heteroatoms. The van der Waals surface area contributed by atoms with E-state index >= 15 is 0 Å². The Morgan fingerprint density at radius 2 is 2.06 bits per heavy atom. The van der Waals surface area contributed by atoms with E-state index < -0.39 is 12.0 Å². The third-order valence-electron chi connectivity index (χ3n) is 2.22. The van der Waals surface area contributed by atoms with Gasteiger partial charge in [0.2, 0.25) is 5.91 Å². The van der Waals surface area contributed by atoms with Crippen LogP contribution in [-0.4, -0.2) is 37.9 Å². The normalized spacial score (nSPS) is 11.9. The lowest BCUT2D eigenvalue weighted by atomic mass is 10.1. The lowest BCUT2D eigenvalue weighted by molar-refractivity contribution is -0.145. The Balaban J connectivity index is 3.82. The second kappa shape index (κ2) is 10.3. The van der Waals surface area contributed by atoms with Crippen LogP contribution in [0.2, 0.25) is 0 Å². The summed E-state index contributed by atoms with van der Waals surface area (Å²) in [5, 5.41) is 5.48. The van der Waals surface area contributed by atoms with E-state index in [1.807, 2.05) is 0 Å². The van der Waals surface area contributed by atoms with Gasteiger partial charge in [0.1, 0.15) is 12.3 Å². The van der Waals surface area contributed by atoms with Crippen molar-refractivity contribution in [2.45, 2.75) is 32.2 Å². The highest BCUT2D eigenvalue weighted by Gasteiger charge is 2.18. The molecule has 0 saturated heterocycles. The second-order valence-corrected chi connectivity index (χ2v) is 3.72. The number of carbonyl (C=O) groups excluding carboxylic acids is 3. The number of nitrogens with one attached hydrogen (secondary N) is 2. The number of aldehydes is 1. The maximum atomic E-state index is 11.3. The van der Waals surface area contributed by atoms with Gasteiger partial charge in [-0.3, -0.25) is 9.59 Å². The summed E-state index contributed by atoms with van der Waals surface area (Å²) in [6.45, 7) is 2.07. The Kier molecular flexibility index (Phi) is 9.25. The summed E-state index contributed by atoms with van der Waals surface area (Å²) >= 11 is 0. The molecule has 0 fully saturated rings. The van der Waals surface area contributed by atoms with E-state index in [-0.39, 0.29) is 5.91 Å². The number of ether oxygens (including phenoxy) is 1. The Bertz CT molecular complexity index is 302. The Hall–Kier alpha value is -1.85. The summed E-state index contributed by atoms with van der Waals surface area (Å²) in [5.74, 6) is -0.684. The van der Waals surface area contributed by atoms with Crippen LogP contribution in [0.1, 0.15) is 26.2 Å². The van der Waals surface area contributed by atoms with Crippen LogP contribution in [0.5, 0.6) is 0 Å². The van der Waals surface area contributed by atoms with Crippen LogP contribution < -0.4 is 10.6 Å². The Labute approximate surface area is 107 Å². The van der Waals surface area contributed by atoms with E-state index in [4.69, 9.17) is 0 Å². The summed E-state index contributed by atoms with van der Waals surface area (Å²) in [7, 11) is 1.29.